The van der Waals surface area contributed by atoms with Gasteiger partial charge in [0.25, 0.3) is 0 Å². The van der Waals surface area contributed by atoms with Crippen molar-refractivity contribution in [2.75, 3.05) is 5.75 Å². The van der Waals surface area contributed by atoms with Crippen LogP contribution in [0.4, 0.5) is 0 Å². The normalized spacial score (nSPS) is 19.9. The lowest BCUT2D eigenvalue weighted by atomic mass is 9.78. The van der Waals surface area contributed by atoms with Gasteiger partial charge in [-0.05, 0) is 69.1 Å². The molecule has 0 aromatic carbocycles. The van der Waals surface area contributed by atoms with E-state index < -0.39 is 0 Å². The maximum absolute atomic E-state index is 6.18. The molecular formula is C19H31BO2S2. The Bertz CT molecular complexity index is 547. The van der Waals surface area contributed by atoms with E-state index in [1.54, 1.807) is 11.3 Å². The Morgan fingerprint density at radius 2 is 1.83 bits per heavy atom. The lowest BCUT2D eigenvalue weighted by Crippen LogP contribution is -2.41. The quantitative estimate of drug-likeness (QED) is 0.355. The Kier molecular flexibility index (Phi) is 7.06. The van der Waals surface area contributed by atoms with Gasteiger partial charge >= 0.3 is 7.12 Å². The number of thiophene rings is 1. The van der Waals surface area contributed by atoms with E-state index in [4.69, 9.17) is 9.31 Å². The minimum Gasteiger partial charge on any atom is -0.400 e. The van der Waals surface area contributed by atoms with Gasteiger partial charge in [0.15, 0.2) is 0 Å². The van der Waals surface area contributed by atoms with E-state index in [9.17, 15) is 0 Å². The van der Waals surface area contributed by atoms with E-state index in [0.29, 0.717) is 5.75 Å². The summed E-state index contributed by atoms with van der Waals surface area (Å²) in [5.74, 6) is 0.643. The first-order chi connectivity index (χ1) is 11.3. The molecule has 1 aliphatic heterocycles. The average Bonchev–Trinajstić information content (AvgIpc) is 3.03. The summed E-state index contributed by atoms with van der Waals surface area (Å²) in [7, 11) is -0.303. The lowest BCUT2D eigenvalue weighted by molar-refractivity contribution is 0.00578. The predicted octanol–water partition coefficient (Wildman–Crippen LogP) is 5.82. The van der Waals surface area contributed by atoms with Crippen molar-refractivity contribution in [3.63, 3.8) is 0 Å². The zero-order valence-corrected chi connectivity index (χ0v) is 17.4. The number of hydrogen-bond acceptors (Lipinski definition) is 4. The molecule has 1 aromatic rings. The summed E-state index contributed by atoms with van der Waals surface area (Å²) in [5, 5.41) is 2.18. The van der Waals surface area contributed by atoms with Gasteiger partial charge in [-0.15, -0.1) is 11.3 Å². The van der Waals surface area contributed by atoms with E-state index >= 15 is 0 Å². The summed E-state index contributed by atoms with van der Waals surface area (Å²) in [6, 6.07) is 2.25. The summed E-state index contributed by atoms with van der Waals surface area (Å²) in [6.07, 6.45) is 8.56. The van der Waals surface area contributed by atoms with Crippen LogP contribution in [0.15, 0.2) is 16.9 Å². The van der Waals surface area contributed by atoms with Crippen molar-refractivity contribution < 1.29 is 9.31 Å². The first-order valence-corrected chi connectivity index (χ1v) is 10.6. The van der Waals surface area contributed by atoms with Gasteiger partial charge in [-0.2, -0.15) is 12.6 Å². The monoisotopic (exact) mass is 366 g/mol. The molecule has 0 aliphatic carbocycles. The van der Waals surface area contributed by atoms with Gasteiger partial charge in [0.1, 0.15) is 0 Å². The van der Waals surface area contributed by atoms with Crippen molar-refractivity contribution in [2.45, 2.75) is 77.9 Å². The molecule has 1 aromatic heterocycles. The Labute approximate surface area is 157 Å². The third-order valence-corrected chi connectivity index (χ3v) is 6.41. The number of rotatable bonds is 8. The van der Waals surface area contributed by atoms with Crippen molar-refractivity contribution >= 4 is 37.2 Å². The van der Waals surface area contributed by atoms with Crippen LogP contribution in [0.5, 0.6) is 0 Å². The van der Waals surface area contributed by atoms with Crippen LogP contribution < -0.4 is 0 Å². The molecule has 2 nitrogen and oxygen atoms in total. The van der Waals surface area contributed by atoms with Crippen molar-refractivity contribution in [3.8, 4) is 0 Å². The SMILES string of the molecule is CCCCCCc1ccsc1C=C(CS)B1OC(C)(C)C(C)(C)O1. The molecular weight excluding hydrogens is 335 g/mol. The Balaban J connectivity index is 2.10. The second kappa shape index (κ2) is 8.44. The zero-order chi connectivity index (χ0) is 17.8. The number of unbranched alkanes of at least 4 members (excludes halogenated alkanes) is 3. The molecule has 0 radical (unpaired) electrons. The highest BCUT2D eigenvalue weighted by molar-refractivity contribution is 7.80. The fraction of sp³-hybridized carbons (Fsp3) is 0.684. The largest absolute Gasteiger partial charge is 0.491 e. The molecule has 5 heteroatoms. The first kappa shape index (κ1) is 20.1. The predicted molar refractivity (Wildman–Crippen MR) is 110 cm³/mol. The van der Waals surface area contributed by atoms with Crippen LogP contribution in [-0.4, -0.2) is 24.1 Å². The first-order valence-electron chi connectivity index (χ1n) is 9.04. The van der Waals surface area contributed by atoms with Crippen molar-refractivity contribution in [1.29, 1.82) is 0 Å². The van der Waals surface area contributed by atoms with Crippen LogP contribution in [0.3, 0.4) is 0 Å². The summed E-state index contributed by atoms with van der Waals surface area (Å²) in [6.45, 7) is 10.6. The van der Waals surface area contributed by atoms with E-state index in [1.165, 1.54) is 36.1 Å². The van der Waals surface area contributed by atoms with Gasteiger partial charge in [-0.25, -0.2) is 0 Å². The molecule has 0 saturated carbocycles. The highest BCUT2D eigenvalue weighted by Gasteiger charge is 2.52. The summed E-state index contributed by atoms with van der Waals surface area (Å²) in [4.78, 5) is 1.32. The fourth-order valence-corrected chi connectivity index (χ4v) is 3.93. The van der Waals surface area contributed by atoms with Crippen LogP contribution in [0.2, 0.25) is 0 Å². The van der Waals surface area contributed by atoms with Crippen molar-refractivity contribution in [1.82, 2.24) is 0 Å². The summed E-state index contributed by atoms with van der Waals surface area (Å²) < 4.78 is 12.4. The van der Waals surface area contributed by atoms with Crippen LogP contribution in [-0.2, 0) is 15.7 Å². The molecule has 0 N–H and O–H groups in total. The molecule has 0 atom stereocenters. The fourth-order valence-electron chi connectivity index (χ4n) is 2.77. The maximum atomic E-state index is 6.18. The molecule has 1 saturated heterocycles. The molecule has 0 bridgehead atoms. The van der Waals surface area contributed by atoms with Gasteiger partial charge in [0.05, 0.1) is 11.2 Å². The second-order valence-electron chi connectivity index (χ2n) is 7.59. The number of aryl methyl sites for hydroxylation is 1. The van der Waals surface area contributed by atoms with Gasteiger partial charge in [-0.1, -0.05) is 26.2 Å². The van der Waals surface area contributed by atoms with Crippen LogP contribution in [0.1, 0.15) is 70.7 Å². The van der Waals surface area contributed by atoms with Crippen LogP contribution in [0.25, 0.3) is 6.08 Å². The van der Waals surface area contributed by atoms with Gasteiger partial charge in [-0.3, -0.25) is 0 Å². The van der Waals surface area contributed by atoms with Gasteiger partial charge in [0.2, 0.25) is 0 Å². The lowest BCUT2D eigenvalue weighted by Gasteiger charge is -2.32. The van der Waals surface area contributed by atoms with Gasteiger partial charge in [0, 0.05) is 10.6 Å². The molecule has 134 valence electrons. The highest BCUT2D eigenvalue weighted by atomic mass is 32.1. The summed E-state index contributed by atoms with van der Waals surface area (Å²) >= 11 is 6.32. The molecule has 24 heavy (non-hydrogen) atoms. The highest BCUT2D eigenvalue weighted by Crippen LogP contribution is 2.39. The Morgan fingerprint density at radius 3 is 2.42 bits per heavy atom. The maximum Gasteiger partial charge on any atom is 0.491 e. The van der Waals surface area contributed by atoms with Crippen molar-refractivity contribution in [3.05, 3.63) is 27.4 Å². The standard InChI is InChI=1S/C19H31BO2S2/c1-6-7-8-9-10-15-11-12-24-17(15)13-16(14-23)20-21-18(2,3)19(4,5)22-20/h11-13,23H,6-10,14H2,1-5H3. The minimum atomic E-state index is -0.307. The van der Waals surface area contributed by atoms with Crippen molar-refractivity contribution in [2.24, 2.45) is 0 Å². The Morgan fingerprint density at radius 1 is 1.17 bits per heavy atom. The average molecular weight is 366 g/mol. The molecule has 0 spiro atoms. The molecule has 2 heterocycles. The summed E-state index contributed by atoms with van der Waals surface area (Å²) in [5.41, 5.74) is 1.93. The van der Waals surface area contributed by atoms with E-state index in [2.05, 4.69) is 64.8 Å². The van der Waals surface area contributed by atoms with E-state index in [1.807, 2.05) is 0 Å². The van der Waals surface area contributed by atoms with E-state index in [0.717, 1.165) is 11.9 Å². The third-order valence-electron chi connectivity index (χ3n) is 5.14. The third kappa shape index (κ3) is 4.69. The van der Waals surface area contributed by atoms with Crippen LogP contribution in [0, 0.1) is 0 Å². The van der Waals surface area contributed by atoms with Crippen LogP contribution >= 0.6 is 24.0 Å². The molecule has 0 unspecified atom stereocenters. The number of hydrogen-bond donors (Lipinski definition) is 1. The molecule has 0 amide bonds. The second-order valence-corrected chi connectivity index (χ2v) is 8.85. The van der Waals surface area contributed by atoms with Gasteiger partial charge < -0.3 is 9.31 Å². The molecule has 2 rings (SSSR count). The minimum absolute atomic E-state index is 0.303. The molecule has 1 fully saturated rings. The Hall–Kier alpha value is -0.225. The zero-order valence-electron chi connectivity index (χ0n) is 15.7. The topological polar surface area (TPSA) is 18.5 Å². The van der Waals surface area contributed by atoms with E-state index in [-0.39, 0.29) is 18.3 Å². The number of thiol groups is 1. The molecule has 1 aliphatic rings. The smallest absolute Gasteiger partial charge is 0.400 e.